The van der Waals surface area contributed by atoms with Crippen molar-refractivity contribution in [3.8, 4) is 0 Å². The summed E-state index contributed by atoms with van der Waals surface area (Å²) in [4.78, 5) is 10.7. The molecule has 1 aliphatic heterocycles. The number of nitrogens with one attached hydrogen (secondary N) is 1. The first-order valence-corrected chi connectivity index (χ1v) is 8.35. The molecule has 1 aromatic rings. The lowest BCUT2D eigenvalue weighted by atomic mass is 10.2. The van der Waals surface area contributed by atoms with Gasteiger partial charge in [0.15, 0.2) is 9.84 Å². The highest BCUT2D eigenvalue weighted by Gasteiger charge is 2.32. The highest BCUT2D eigenvalue weighted by molar-refractivity contribution is 7.91. The lowest BCUT2D eigenvalue weighted by Crippen LogP contribution is -2.23. The number of rotatable bonds is 5. The zero-order valence-corrected chi connectivity index (χ0v) is 12.3. The number of aryl methyl sites for hydroxylation is 2. The van der Waals surface area contributed by atoms with Gasteiger partial charge in [-0.3, -0.25) is 10.1 Å². The summed E-state index contributed by atoms with van der Waals surface area (Å²) in [5.74, 6) is 0.455. The van der Waals surface area contributed by atoms with E-state index in [1.165, 1.54) is 0 Å². The van der Waals surface area contributed by atoms with Gasteiger partial charge in [0.2, 0.25) is 5.82 Å². The molecule has 2 heterocycles. The Labute approximate surface area is 117 Å². The number of aromatic nitrogens is 2. The molecule has 1 aromatic heterocycles. The molecule has 20 heavy (non-hydrogen) atoms. The lowest BCUT2D eigenvalue weighted by molar-refractivity contribution is -0.384. The van der Waals surface area contributed by atoms with Gasteiger partial charge in [-0.15, -0.1) is 0 Å². The maximum Gasteiger partial charge on any atom is 0.333 e. The standard InChI is InChI=1S/C11H18N4O4S/c1-3-5-14-11(10(15(16)17)8(2)13-14)12-9-4-6-20(18,19)7-9/h9,12H,3-7H2,1-2H3. The summed E-state index contributed by atoms with van der Waals surface area (Å²) < 4.78 is 24.5. The van der Waals surface area contributed by atoms with Gasteiger partial charge in [0.05, 0.1) is 16.4 Å². The van der Waals surface area contributed by atoms with Crippen LogP contribution in [0.4, 0.5) is 11.5 Å². The van der Waals surface area contributed by atoms with E-state index in [1.807, 2.05) is 6.92 Å². The third kappa shape index (κ3) is 2.92. The van der Waals surface area contributed by atoms with Crippen molar-refractivity contribution in [1.29, 1.82) is 0 Å². The zero-order chi connectivity index (χ0) is 14.9. The van der Waals surface area contributed by atoms with Crippen LogP contribution < -0.4 is 5.32 Å². The third-order valence-electron chi connectivity index (χ3n) is 3.29. The van der Waals surface area contributed by atoms with Crippen LogP contribution in [-0.2, 0) is 16.4 Å². The van der Waals surface area contributed by atoms with Crippen LogP contribution in [0.2, 0.25) is 0 Å². The van der Waals surface area contributed by atoms with Gasteiger partial charge in [-0.25, -0.2) is 13.1 Å². The molecule has 0 aromatic carbocycles. The molecule has 1 atom stereocenters. The summed E-state index contributed by atoms with van der Waals surface area (Å²) >= 11 is 0. The molecule has 2 rings (SSSR count). The Morgan fingerprint density at radius 2 is 2.25 bits per heavy atom. The van der Waals surface area contributed by atoms with Gasteiger partial charge in [0.1, 0.15) is 5.69 Å². The summed E-state index contributed by atoms with van der Waals surface area (Å²) in [6, 6.07) is -0.287. The minimum atomic E-state index is -3.03. The van der Waals surface area contributed by atoms with Crippen LogP contribution in [0.1, 0.15) is 25.5 Å². The van der Waals surface area contributed by atoms with Crippen molar-refractivity contribution in [3.05, 3.63) is 15.8 Å². The van der Waals surface area contributed by atoms with Crippen LogP contribution in [0.3, 0.4) is 0 Å². The van der Waals surface area contributed by atoms with Crippen molar-refractivity contribution in [1.82, 2.24) is 9.78 Å². The largest absolute Gasteiger partial charge is 0.361 e. The second-order valence-corrected chi connectivity index (χ2v) is 7.24. The molecule has 112 valence electrons. The van der Waals surface area contributed by atoms with Gasteiger partial charge in [-0.05, 0) is 19.8 Å². The molecule has 1 aliphatic rings. The number of nitro groups is 1. The minimum Gasteiger partial charge on any atom is -0.361 e. The Kier molecular flexibility index (Phi) is 3.98. The first-order valence-electron chi connectivity index (χ1n) is 6.53. The van der Waals surface area contributed by atoms with Crippen molar-refractivity contribution in [2.75, 3.05) is 16.8 Å². The minimum absolute atomic E-state index is 0.0144. The van der Waals surface area contributed by atoms with Gasteiger partial charge in [-0.2, -0.15) is 5.10 Å². The first kappa shape index (κ1) is 14.8. The molecule has 9 heteroatoms. The number of anilines is 1. The number of hydrogen-bond donors (Lipinski definition) is 1. The van der Waals surface area contributed by atoms with Crippen molar-refractivity contribution < 1.29 is 13.3 Å². The van der Waals surface area contributed by atoms with Gasteiger partial charge in [0, 0.05) is 12.6 Å². The molecule has 1 N–H and O–H groups in total. The van der Waals surface area contributed by atoms with E-state index in [-0.39, 0.29) is 23.2 Å². The van der Waals surface area contributed by atoms with E-state index in [1.54, 1.807) is 11.6 Å². The van der Waals surface area contributed by atoms with E-state index in [0.717, 1.165) is 6.42 Å². The molecule has 1 unspecified atom stereocenters. The van der Waals surface area contributed by atoms with Gasteiger partial charge in [0.25, 0.3) is 0 Å². The molecule has 0 spiro atoms. The molecule has 0 bridgehead atoms. The second kappa shape index (κ2) is 5.39. The molecular formula is C11H18N4O4S. The van der Waals surface area contributed by atoms with E-state index in [0.29, 0.717) is 24.5 Å². The molecule has 1 fully saturated rings. The molecule has 0 saturated carbocycles. The maximum atomic E-state index is 11.5. The first-order chi connectivity index (χ1) is 9.34. The fourth-order valence-corrected chi connectivity index (χ4v) is 4.08. The summed E-state index contributed by atoms with van der Waals surface area (Å²) in [5.41, 5.74) is 0.273. The van der Waals surface area contributed by atoms with Crippen molar-refractivity contribution in [2.45, 2.75) is 39.3 Å². The fourth-order valence-electron chi connectivity index (χ4n) is 2.41. The average Bonchev–Trinajstić information content (AvgIpc) is 2.81. The average molecular weight is 302 g/mol. The summed E-state index contributed by atoms with van der Waals surface area (Å²) in [6.07, 6.45) is 1.26. The van der Waals surface area contributed by atoms with Crippen LogP contribution in [-0.4, -0.2) is 40.7 Å². The van der Waals surface area contributed by atoms with E-state index >= 15 is 0 Å². The molecule has 8 nitrogen and oxygen atoms in total. The highest BCUT2D eigenvalue weighted by Crippen LogP contribution is 2.30. The van der Waals surface area contributed by atoms with E-state index in [4.69, 9.17) is 0 Å². The highest BCUT2D eigenvalue weighted by atomic mass is 32.2. The number of sulfone groups is 1. The quantitative estimate of drug-likeness (QED) is 0.645. The SMILES string of the molecule is CCCn1nc(C)c([N+](=O)[O-])c1NC1CCS(=O)(=O)C1. The fraction of sp³-hybridized carbons (Fsp3) is 0.727. The van der Waals surface area contributed by atoms with E-state index in [2.05, 4.69) is 10.4 Å². The molecule has 0 amide bonds. The Bertz CT molecular complexity index is 623. The second-order valence-electron chi connectivity index (χ2n) is 5.01. The lowest BCUT2D eigenvalue weighted by Gasteiger charge is -2.13. The predicted molar refractivity (Wildman–Crippen MR) is 74.6 cm³/mol. The van der Waals surface area contributed by atoms with Crippen LogP contribution >= 0.6 is 0 Å². The van der Waals surface area contributed by atoms with Crippen molar-refractivity contribution in [2.24, 2.45) is 0 Å². The third-order valence-corrected chi connectivity index (χ3v) is 5.06. The Morgan fingerprint density at radius 1 is 1.55 bits per heavy atom. The van der Waals surface area contributed by atoms with E-state index < -0.39 is 14.8 Å². The monoisotopic (exact) mass is 302 g/mol. The van der Waals surface area contributed by atoms with Gasteiger partial charge < -0.3 is 5.32 Å². The normalized spacial score (nSPS) is 21.0. The summed E-state index contributed by atoms with van der Waals surface area (Å²) in [7, 11) is -3.03. The van der Waals surface area contributed by atoms with Crippen molar-refractivity contribution >= 4 is 21.3 Å². The maximum absolute atomic E-state index is 11.5. The zero-order valence-electron chi connectivity index (χ0n) is 11.5. The van der Waals surface area contributed by atoms with Gasteiger partial charge in [-0.1, -0.05) is 6.92 Å². The van der Waals surface area contributed by atoms with Crippen LogP contribution in [0, 0.1) is 17.0 Å². The van der Waals surface area contributed by atoms with Crippen LogP contribution in [0.5, 0.6) is 0 Å². The summed E-state index contributed by atoms with van der Waals surface area (Å²) in [5, 5.41) is 18.3. The number of hydrogen-bond acceptors (Lipinski definition) is 6. The van der Waals surface area contributed by atoms with Crippen molar-refractivity contribution in [3.63, 3.8) is 0 Å². The Hall–Kier alpha value is -1.64. The molecule has 0 radical (unpaired) electrons. The topological polar surface area (TPSA) is 107 Å². The Morgan fingerprint density at radius 3 is 2.75 bits per heavy atom. The van der Waals surface area contributed by atoms with Crippen LogP contribution in [0.25, 0.3) is 0 Å². The van der Waals surface area contributed by atoms with Gasteiger partial charge >= 0.3 is 5.69 Å². The summed E-state index contributed by atoms with van der Waals surface area (Å²) in [6.45, 7) is 4.09. The number of nitrogens with zero attached hydrogens (tertiary/aromatic N) is 3. The molecule has 0 aliphatic carbocycles. The molecule has 1 saturated heterocycles. The van der Waals surface area contributed by atoms with Crippen LogP contribution in [0.15, 0.2) is 0 Å². The Balaban J connectivity index is 2.31. The molecular weight excluding hydrogens is 284 g/mol. The van der Waals surface area contributed by atoms with E-state index in [9.17, 15) is 18.5 Å². The smallest absolute Gasteiger partial charge is 0.333 e. The predicted octanol–water partition coefficient (Wildman–Crippen LogP) is 1.11.